The Morgan fingerprint density at radius 3 is 2.54 bits per heavy atom. The van der Waals surface area contributed by atoms with E-state index in [9.17, 15) is 24.1 Å². The molecule has 0 saturated carbocycles. The first-order chi connectivity index (χ1) is 16.9. The van der Waals surface area contributed by atoms with E-state index in [4.69, 9.17) is 0 Å². The summed E-state index contributed by atoms with van der Waals surface area (Å²) in [5.74, 6) is -0.825. The van der Waals surface area contributed by atoms with Crippen LogP contribution in [0.5, 0.6) is 0 Å². The van der Waals surface area contributed by atoms with Crippen molar-refractivity contribution in [2.24, 2.45) is 0 Å². The van der Waals surface area contributed by atoms with E-state index in [1.54, 1.807) is 6.07 Å². The number of nitro groups is 1. The lowest BCUT2D eigenvalue weighted by atomic mass is 10.2. The summed E-state index contributed by atoms with van der Waals surface area (Å²) in [6, 6.07) is 18.9. The van der Waals surface area contributed by atoms with Gasteiger partial charge in [0.25, 0.3) is 11.6 Å². The number of benzene rings is 3. The zero-order valence-corrected chi connectivity index (χ0v) is 19.3. The number of anilines is 1. The third-order valence-electron chi connectivity index (χ3n) is 5.20. The predicted molar refractivity (Wildman–Crippen MR) is 133 cm³/mol. The van der Waals surface area contributed by atoms with Gasteiger partial charge in [-0.2, -0.15) is 0 Å². The molecule has 35 heavy (non-hydrogen) atoms. The smallest absolute Gasteiger partial charge is 0.269 e. The number of amides is 2. The molecule has 2 amide bonds. The molecule has 4 aromatic rings. The van der Waals surface area contributed by atoms with E-state index in [0.717, 1.165) is 15.8 Å². The number of carbonyl (C=O) groups is 2. The van der Waals surface area contributed by atoms with Crippen LogP contribution in [0.3, 0.4) is 0 Å². The minimum atomic E-state index is -0.514. The van der Waals surface area contributed by atoms with Gasteiger partial charge in [0.15, 0.2) is 0 Å². The topological polar surface area (TPSA) is 106 Å². The average Bonchev–Trinajstić information content (AvgIpc) is 3.20. The van der Waals surface area contributed by atoms with Crippen LogP contribution in [-0.2, 0) is 11.3 Å². The summed E-state index contributed by atoms with van der Waals surface area (Å²) in [6.45, 7) is 0.841. The molecule has 3 aromatic carbocycles. The molecule has 0 fully saturated rings. The minimum absolute atomic E-state index is 0.0741. The van der Waals surface area contributed by atoms with Gasteiger partial charge in [0.05, 0.1) is 10.7 Å². The van der Waals surface area contributed by atoms with Crippen molar-refractivity contribution in [1.29, 1.82) is 0 Å². The van der Waals surface area contributed by atoms with Crippen LogP contribution in [0.2, 0.25) is 0 Å². The zero-order valence-electron chi connectivity index (χ0n) is 18.4. The lowest BCUT2D eigenvalue weighted by Crippen LogP contribution is -2.27. The number of thioether (sulfide) groups is 1. The van der Waals surface area contributed by atoms with Gasteiger partial charge in [-0.05, 0) is 36.4 Å². The molecule has 178 valence electrons. The molecular weight excluding hydrogens is 471 g/mol. The maximum Gasteiger partial charge on any atom is 0.269 e. The van der Waals surface area contributed by atoms with E-state index in [1.165, 1.54) is 54.2 Å². The predicted octanol–water partition coefficient (Wildman–Crippen LogP) is 4.85. The van der Waals surface area contributed by atoms with E-state index < -0.39 is 10.7 Å². The van der Waals surface area contributed by atoms with Crippen molar-refractivity contribution in [1.82, 2.24) is 9.88 Å². The summed E-state index contributed by atoms with van der Waals surface area (Å²) in [7, 11) is 0. The number of hydrogen-bond acceptors (Lipinski definition) is 5. The monoisotopic (exact) mass is 492 g/mol. The molecule has 0 radical (unpaired) electrons. The van der Waals surface area contributed by atoms with Crippen molar-refractivity contribution in [3.05, 3.63) is 100 Å². The van der Waals surface area contributed by atoms with Gasteiger partial charge in [0.2, 0.25) is 5.91 Å². The molecule has 0 aliphatic rings. The van der Waals surface area contributed by atoms with Crippen LogP contribution in [0.4, 0.5) is 15.8 Å². The fraction of sp³-hybridized carbons (Fsp3) is 0.120. The molecule has 0 aliphatic heterocycles. The van der Waals surface area contributed by atoms with E-state index >= 15 is 0 Å². The molecule has 10 heteroatoms. The molecule has 0 bridgehead atoms. The second kappa shape index (κ2) is 10.8. The van der Waals surface area contributed by atoms with Crippen molar-refractivity contribution < 1.29 is 18.9 Å². The quantitative estimate of drug-likeness (QED) is 0.197. The second-order valence-corrected chi connectivity index (χ2v) is 8.63. The third kappa shape index (κ3) is 6.04. The highest BCUT2D eigenvalue weighted by Crippen LogP contribution is 2.30. The van der Waals surface area contributed by atoms with Gasteiger partial charge in [-0.1, -0.05) is 24.3 Å². The standard InChI is InChI=1S/C25H21FN4O4S/c26-18-4-3-5-19(14-18)28-24(31)16-35-23-15-29(22-7-2-1-6-21(22)23)13-12-27-25(32)17-8-10-20(11-9-17)30(33)34/h1-11,14-15H,12-13,16H2,(H,27,32)(H,28,31). The molecule has 2 N–H and O–H groups in total. The highest BCUT2D eigenvalue weighted by atomic mass is 32.2. The normalized spacial score (nSPS) is 10.8. The summed E-state index contributed by atoms with van der Waals surface area (Å²) in [5.41, 5.74) is 1.63. The maximum atomic E-state index is 13.3. The first-order valence-corrected chi connectivity index (χ1v) is 11.7. The van der Waals surface area contributed by atoms with Crippen molar-refractivity contribution in [3.8, 4) is 0 Å². The average molecular weight is 493 g/mol. The third-order valence-corrected chi connectivity index (χ3v) is 6.24. The molecule has 0 spiro atoms. The number of nitrogens with one attached hydrogen (secondary N) is 2. The molecule has 0 aliphatic carbocycles. The second-order valence-electron chi connectivity index (χ2n) is 7.61. The van der Waals surface area contributed by atoms with Crippen molar-refractivity contribution in [2.45, 2.75) is 11.4 Å². The maximum absolute atomic E-state index is 13.3. The Kier molecular flexibility index (Phi) is 7.41. The SMILES string of the molecule is O=C(CSc1cn(CCNC(=O)c2ccc([N+](=O)[O-])cc2)c2ccccc12)Nc1cccc(F)c1. The van der Waals surface area contributed by atoms with Gasteiger partial charge >= 0.3 is 0 Å². The number of aromatic nitrogens is 1. The van der Waals surface area contributed by atoms with Crippen LogP contribution in [0, 0.1) is 15.9 Å². The van der Waals surface area contributed by atoms with Crippen molar-refractivity contribution in [2.75, 3.05) is 17.6 Å². The number of para-hydroxylation sites is 1. The summed E-state index contributed by atoms with van der Waals surface area (Å²) in [5, 5.41) is 17.3. The number of carbonyl (C=O) groups excluding carboxylic acids is 2. The Bertz CT molecular complexity index is 1390. The Labute approximate surface area is 204 Å². The number of fused-ring (bicyclic) bond motifs is 1. The van der Waals surface area contributed by atoms with Gasteiger partial charge in [-0.3, -0.25) is 19.7 Å². The fourth-order valence-corrected chi connectivity index (χ4v) is 4.43. The number of halogens is 1. The lowest BCUT2D eigenvalue weighted by molar-refractivity contribution is -0.384. The van der Waals surface area contributed by atoms with Gasteiger partial charge in [-0.15, -0.1) is 11.8 Å². The summed E-state index contributed by atoms with van der Waals surface area (Å²) in [6.07, 6.45) is 1.93. The van der Waals surface area contributed by atoms with E-state index in [-0.39, 0.29) is 23.3 Å². The summed E-state index contributed by atoms with van der Waals surface area (Å²) < 4.78 is 15.3. The van der Waals surface area contributed by atoms with E-state index in [1.807, 2.05) is 35.0 Å². The summed E-state index contributed by atoms with van der Waals surface area (Å²) >= 11 is 1.37. The highest BCUT2D eigenvalue weighted by molar-refractivity contribution is 8.00. The van der Waals surface area contributed by atoms with E-state index in [0.29, 0.717) is 24.3 Å². The highest BCUT2D eigenvalue weighted by Gasteiger charge is 2.13. The first-order valence-electron chi connectivity index (χ1n) is 10.7. The Morgan fingerprint density at radius 1 is 1.03 bits per heavy atom. The fourth-order valence-electron chi connectivity index (χ4n) is 3.55. The Morgan fingerprint density at radius 2 is 1.80 bits per heavy atom. The Balaban J connectivity index is 1.37. The van der Waals surface area contributed by atoms with Crippen molar-refractivity contribution in [3.63, 3.8) is 0 Å². The largest absolute Gasteiger partial charge is 0.350 e. The van der Waals surface area contributed by atoms with Crippen LogP contribution in [0.25, 0.3) is 10.9 Å². The molecule has 1 aromatic heterocycles. The van der Waals surface area contributed by atoms with Gasteiger partial charge < -0.3 is 15.2 Å². The molecule has 0 unspecified atom stereocenters. The molecule has 0 atom stereocenters. The minimum Gasteiger partial charge on any atom is -0.350 e. The summed E-state index contributed by atoms with van der Waals surface area (Å²) in [4.78, 5) is 35.9. The van der Waals surface area contributed by atoms with Crippen LogP contribution in [-0.4, -0.2) is 33.6 Å². The van der Waals surface area contributed by atoms with E-state index in [2.05, 4.69) is 10.6 Å². The van der Waals surface area contributed by atoms with Crippen LogP contribution >= 0.6 is 11.8 Å². The molecule has 0 saturated heterocycles. The van der Waals surface area contributed by atoms with Crippen LogP contribution < -0.4 is 10.6 Å². The lowest BCUT2D eigenvalue weighted by Gasteiger charge is -2.07. The van der Waals surface area contributed by atoms with Gasteiger partial charge in [-0.25, -0.2) is 4.39 Å². The Hall–Kier alpha value is -4.18. The number of hydrogen-bond donors (Lipinski definition) is 2. The molecule has 1 heterocycles. The number of rotatable bonds is 9. The van der Waals surface area contributed by atoms with Crippen LogP contribution in [0.1, 0.15) is 10.4 Å². The number of nitrogens with zero attached hydrogens (tertiary/aromatic N) is 2. The van der Waals surface area contributed by atoms with Crippen molar-refractivity contribution >= 4 is 45.9 Å². The van der Waals surface area contributed by atoms with Crippen LogP contribution in [0.15, 0.2) is 83.9 Å². The number of nitro benzene ring substituents is 1. The molecular formula is C25H21FN4O4S. The molecule has 4 rings (SSSR count). The molecule has 8 nitrogen and oxygen atoms in total. The first kappa shape index (κ1) is 24.0. The zero-order chi connectivity index (χ0) is 24.8. The number of non-ortho nitro benzene ring substituents is 1. The van der Waals surface area contributed by atoms with Gasteiger partial charge in [0, 0.05) is 58.5 Å². The van der Waals surface area contributed by atoms with Gasteiger partial charge in [0.1, 0.15) is 5.82 Å².